The van der Waals surface area contributed by atoms with Crippen molar-refractivity contribution in [3.63, 3.8) is 0 Å². The molecule has 154 valence electrons. The van der Waals surface area contributed by atoms with E-state index in [0.29, 0.717) is 28.5 Å². The van der Waals surface area contributed by atoms with Gasteiger partial charge >= 0.3 is 0 Å². The molecule has 0 saturated carbocycles. The topological polar surface area (TPSA) is 40.6 Å². The van der Waals surface area contributed by atoms with Gasteiger partial charge < -0.3 is 4.90 Å². The van der Waals surface area contributed by atoms with Gasteiger partial charge in [-0.3, -0.25) is 9.59 Å². The van der Waals surface area contributed by atoms with Crippen LogP contribution >= 0.6 is 11.6 Å². The van der Waals surface area contributed by atoms with E-state index in [4.69, 9.17) is 11.6 Å². The number of benzene rings is 3. The van der Waals surface area contributed by atoms with Crippen molar-refractivity contribution < 1.29 is 9.59 Å². The fourth-order valence-electron chi connectivity index (χ4n) is 4.35. The minimum Gasteiger partial charge on any atom is -0.336 e. The second-order valence-electron chi connectivity index (χ2n) is 7.85. The number of anilines is 2. The number of aryl methyl sites for hydroxylation is 2. The minimum absolute atomic E-state index is 0.319. The molecular formula is C26H21ClN2O2. The van der Waals surface area contributed by atoms with E-state index in [0.717, 1.165) is 29.7 Å². The quantitative estimate of drug-likeness (QED) is 0.525. The number of hydrogen-bond donors (Lipinski definition) is 0. The maximum absolute atomic E-state index is 13.8. The smallest absolute Gasteiger partial charge is 0.282 e. The van der Waals surface area contributed by atoms with Crippen LogP contribution in [0.1, 0.15) is 23.1 Å². The Morgan fingerprint density at radius 2 is 1.61 bits per heavy atom. The summed E-state index contributed by atoms with van der Waals surface area (Å²) < 4.78 is 0. The van der Waals surface area contributed by atoms with Gasteiger partial charge in [0.1, 0.15) is 5.70 Å². The zero-order valence-corrected chi connectivity index (χ0v) is 17.9. The van der Waals surface area contributed by atoms with Crippen LogP contribution in [0.2, 0.25) is 5.02 Å². The molecule has 0 fully saturated rings. The second-order valence-corrected chi connectivity index (χ2v) is 8.26. The molecule has 0 bridgehead atoms. The second kappa shape index (κ2) is 7.71. The maximum atomic E-state index is 13.8. The van der Waals surface area contributed by atoms with Gasteiger partial charge in [0, 0.05) is 17.3 Å². The molecule has 0 atom stereocenters. The molecule has 5 heteroatoms. The number of carbonyl (C=O) groups is 2. The number of imide groups is 1. The highest BCUT2D eigenvalue weighted by Crippen LogP contribution is 2.40. The Labute approximate surface area is 186 Å². The Hall–Kier alpha value is -3.37. The third kappa shape index (κ3) is 3.24. The fraction of sp³-hybridized carbons (Fsp3) is 0.154. The van der Waals surface area contributed by atoms with E-state index in [2.05, 4.69) is 6.07 Å². The van der Waals surface area contributed by atoms with Gasteiger partial charge in [0.2, 0.25) is 0 Å². The highest BCUT2D eigenvalue weighted by atomic mass is 35.5. The number of halogens is 1. The zero-order chi connectivity index (χ0) is 21.5. The molecule has 0 spiro atoms. The van der Waals surface area contributed by atoms with Crippen molar-refractivity contribution in [2.75, 3.05) is 16.3 Å². The van der Waals surface area contributed by atoms with Crippen molar-refractivity contribution in [2.24, 2.45) is 0 Å². The summed E-state index contributed by atoms with van der Waals surface area (Å²) in [6.45, 7) is 2.58. The van der Waals surface area contributed by atoms with Crippen LogP contribution in [0, 0.1) is 6.92 Å². The van der Waals surface area contributed by atoms with Crippen molar-refractivity contribution in [3.05, 3.63) is 100 Å². The lowest BCUT2D eigenvalue weighted by Gasteiger charge is -2.32. The van der Waals surface area contributed by atoms with E-state index in [-0.39, 0.29) is 11.8 Å². The van der Waals surface area contributed by atoms with E-state index in [9.17, 15) is 9.59 Å². The minimum atomic E-state index is -0.325. The molecule has 0 radical (unpaired) electrons. The van der Waals surface area contributed by atoms with E-state index in [1.807, 2.05) is 66.4 Å². The summed E-state index contributed by atoms with van der Waals surface area (Å²) >= 11 is 6.32. The van der Waals surface area contributed by atoms with Crippen LogP contribution in [0.15, 0.2) is 78.5 Å². The maximum Gasteiger partial charge on any atom is 0.282 e. The summed E-state index contributed by atoms with van der Waals surface area (Å²) in [4.78, 5) is 30.7. The number of carbonyl (C=O) groups excluding carboxylic acids is 2. The fourth-order valence-corrected chi connectivity index (χ4v) is 4.53. The number of amides is 2. The largest absolute Gasteiger partial charge is 0.336 e. The first-order valence-corrected chi connectivity index (χ1v) is 10.7. The van der Waals surface area contributed by atoms with Gasteiger partial charge in [-0.15, -0.1) is 0 Å². The first kappa shape index (κ1) is 19.6. The number of fused-ring (bicyclic) bond motifs is 1. The molecule has 0 unspecified atom stereocenters. The molecule has 2 heterocycles. The Morgan fingerprint density at radius 3 is 2.39 bits per heavy atom. The van der Waals surface area contributed by atoms with Crippen molar-refractivity contribution >= 4 is 40.4 Å². The molecule has 3 aromatic rings. The van der Waals surface area contributed by atoms with Gasteiger partial charge in [0.25, 0.3) is 11.8 Å². The van der Waals surface area contributed by atoms with Gasteiger partial charge in [0.15, 0.2) is 0 Å². The summed E-state index contributed by atoms with van der Waals surface area (Å²) in [5.41, 5.74) is 5.15. The molecule has 0 N–H and O–H groups in total. The molecule has 2 amide bonds. The van der Waals surface area contributed by atoms with Gasteiger partial charge in [-0.05, 0) is 54.7 Å². The first-order chi connectivity index (χ1) is 15.1. The van der Waals surface area contributed by atoms with Gasteiger partial charge in [0.05, 0.1) is 11.3 Å². The van der Waals surface area contributed by atoms with E-state index in [1.54, 1.807) is 12.1 Å². The standard InChI is InChI=1S/C26H21ClN2O2/c1-17-13-14-20(16-21(17)27)29-25(30)23(19-9-3-2-4-10-19)24(26(29)31)28-15-7-11-18-8-5-6-12-22(18)28/h2-6,8-10,12-14,16H,7,11,15H2,1H3. The zero-order valence-electron chi connectivity index (χ0n) is 17.1. The number of rotatable bonds is 3. The highest BCUT2D eigenvalue weighted by Gasteiger charge is 2.43. The van der Waals surface area contributed by atoms with Gasteiger partial charge in [-0.2, -0.15) is 0 Å². The van der Waals surface area contributed by atoms with E-state index in [1.165, 1.54) is 10.5 Å². The van der Waals surface area contributed by atoms with E-state index >= 15 is 0 Å². The van der Waals surface area contributed by atoms with E-state index < -0.39 is 0 Å². The third-order valence-electron chi connectivity index (χ3n) is 5.92. The van der Waals surface area contributed by atoms with Crippen molar-refractivity contribution in [2.45, 2.75) is 19.8 Å². The molecule has 2 aliphatic rings. The molecule has 0 saturated heterocycles. The predicted molar refractivity (Wildman–Crippen MR) is 124 cm³/mol. The lowest BCUT2D eigenvalue weighted by Crippen LogP contribution is -2.37. The molecule has 5 rings (SSSR count). The van der Waals surface area contributed by atoms with Crippen LogP contribution in [-0.4, -0.2) is 18.4 Å². The van der Waals surface area contributed by atoms with Crippen LogP contribution < -0.4 is 9.80 Å². The Kier molecular flexibility index (Phi) is 4.87. The predicted octanol–water partition coefficient (Wildman–Crippen LogP) is 5.39. The molecule has 4 nitrogen and oxygen atoms in total. The molecule has 2 aliphatic heterocycles. The van der Waals surface area contributed by atoms with Crippen molar-refractivity contribution in [3.8, 4) is 0 Å². The Morgan fingerprint density at radius 1 is 0.871 bits per heavy atom. The Balaban J connectivity index is 1.69. The van der Waals surface area contributed by atoms with Crippen LogP contribution in [0.5, 0.6) is 0 Å². The molecule has 0 aromatic heterocycles. The average Bonchev–Trinajstić information content (AvgIpc) is 3.06. The normalized spacial score (nSPS) is 16.2. The molecule has 31 heavy (non-hydrogen) atoms. The Bertz CT molecular complexity index is 1230. The highest BCUT2D eigenvalue weighted by molar-refractivity contribution is 6.46. The first-order valence-electron chi connectivity index (χ1n) is 10.4. The number of hydrogen-bond acceptors (Lipinski definition) is 3. The van der Waals surface area contributed by atoms with Crippen LogP contribution in [-0.2, 0) is 16.0 Å². The lowest BCUT2D eigenvalue weighted by atomic mass is 9.98. The molecule has 3 aromatic carbocycles. The summed E-state index contributed by atoms with van der Waals surface area (Å²) in [6.07, 6.45) is 1.88. The summed E-state index contributed by atoms with van der Waals surface area (Å²) in [5.74, 6) is -0.644. The summed E-state index contributed by atoms with van der Waals surface area (Å²) in [6, 6.07) is 22.8. The SMILES string of the molecule is Cc1ccc(N2C(=O)C(c3ccccc3)=C(N3CCCc4ccccc43)C2=O)cc1Cl. The average molecular weight is 429 g/mol. The monoisotopic (exact) mass is 428 g/mol. The van der Waals surface area contributed by atoms with Crippen LogP contribution in [0.4, 0.5) is 11.4 Å². The third-order valence-corrected chi connectivity index (χ3v) is 6.32. The van der Waals surface area contributed by atoms with Crippen LogP contribution in [0.25, 0.3) is 5.57 Å². The van der Waals surface area contributed by atoms with Crippen molar-refractivity contribution in [1.29, 1.82) is 0 Å². The molecular weight excluding hydrogens is 408 g/mol. The number of nitrogens with zero attached hydrogens (tertiary/aromatic N) is 2. The molecule has 0 aliphatic carbocycles. The van der Waals surface area contributed by atoms with Crippen LogP contribution in [0.3, 0.4) is 0 Å². The number of para-hydroxylation sites is 1. The van der Waals surface area contributed by atoms with Gasteiger partial charge in [-0.1, -0.05) is 66.2 Å². The van der Waals surface area contributed by atoms with Crippen molar-refractivity contribution in [1.82, 2.24) is 0 Å². The van der Waals surface area contributed by atoms with Gasteiger partial charge in [-0.25, -0.2) is 4.90 Å². The summed E-state index contributed by atoms with van der Waals surface area (Å²) in [5, 5.41) is 0.524. The summed E-state index contributed by atoms with van der Waals surface area (Å²) in [7, 11) is 0. The lowest BCUT2D eigenvalue weighted by molar-refractivity contribution is -0.120.